The Morgan fingerprint density at radius 1 is 1.10 bits per heavy atom. The Kier molecular flexibility index (Phi) is 2.45. The lowest BCUT2D eigenvalue weighted by Gasteiger charge is -2.01. The van der Waals surface area contributed by atoms with Crippen molar-refractivity contribution in [2.75, 3.05) is 0 Å². The van der Waals surface area contributed by atoms with Crippen LogP contribution in [0, 0.1) is 0 Å². The van der Waals surface area contributed by atoms with E-state index < -0.39 is 0 Å². The molecule has 0 amide bonds. The predicted molar refractivity (Wildman–Crippen MR) is 76.0 cm³/mol. The van der Waals surface area contributed by atoms with Crippen molar-refractivity contribution in [3.8, 4) is 11.6 Å². The zero-order valence-electron chi connectivity index (χ0n) is 9.92. The van der Waals surface area contributed by atoms with E-state index in [0.717, 1.165) is 5.39 Å². The van der Waals surface area contributed by atoms with Crippen LogP contribution in [0.1, 0.15) is 0 Å². The van der Waals surface area contributed by atoms with Crippen molar-refractivity contribution in [2.24, 2.45) is 0 Å². The summed E-state index contributed by atoms with van der Waals surface area (Å²) < 4.78 is 6.77. The van der Waals surface area contributed by atoms with Gasteiger partial charge in [0, 0.05) is 10.4 Å². The molecule has 7 heteroatoms. The van der Waals surface area contributed by atoms with E-state index in [-0.39, 0.29) is 5.28 Å². The van der Waals surface area contributed by atoms with E-state index in [2.05, 4.69) is 15.1 Å². The molecule has 5 nitrogen and oxygen atoms in total. The molecule has 98 valence electrons. The van der Waals surface area contributed by atoms with Crippen LogP contribution >= 0.6 is 23.2 Å². The van der Waals surface area contributed by atoms with Gasteiger partial charge in [0.1, 0.15) is 0 Å². The van der Waals surface area contributed by atoms with Crippen LogP contribution in [0.25, 0.3) is 28.1 Å². The first kappa shape index (κ1) is 11.7. The molecule has 0 fully saturated rings. The number of rotatable bonds is 1. The third-order valence-corrected chi connectivity index (χ3v) is 3.42. The number of halogens is 2. The van der Waals surface area contributed by atoms with E-state index in [9.17, 15) is 0 Å². The molecule has 4 rings (SSSR count). The van der Waals surface area contributed by atoms with Crippen molar-refractivity contribution in [3.05, 3.63) is 46.9 Å². The Balaban J connectivity index is 2.12. The maximum atomic E-state index is 6.14. The summed E-state index contributed by atoms with van der Waals surface area (Å²) in [6.45, 7) is 0. The number of furan rings is 1. The van der Waals surface area contributed by atoms with Gasteiger partial charge in [0.05, 0.1) is 11.8 Å². The molecule has 0 N–H and O–H groups in total. The first-order chi connectivity index (χ1) is 9.72. The monoisotopic (exact) mass is 304 g/mol. The van der Waals surface area contributed by atoms with Crippen LogP contribution in [0.5, 0.6) is 0 Å². The van der Waals surface area contributed by atoms with Gasteiger partial charge in [-0.3, -0.25) is 0 Å². The van der Waals surface area contributed by atoms with Crippen molar-refractivity contribution >= 4 is 39.8 Å². The van der Waals surface area contributed by atoms with E-state index in [0.29, 0.717) is 27.8 Å². The number of benzene rings is 1. The quantitative estimate of drug-likeness (QED) is 0.501. The summed E-state index contributed by atoms with van der Waals surface area (Å²) in [5.74, 6) is 1.02. The highest BCUT2D eigenvalue weighted by molar-refractivity contribution is 6.32. The van der Waals surface area contributed by atoms with Gasteiger partial charge >= 0.3 is 0 Å². The summed E-state index contributed by atoms with van der Waals surface area (Å²) in [7, 11) is 0. The average molecular weight is 305 g/mol. The molecule has 1 aromatic carbocycles. The summed E-state index contributed by atoms with van der Waals surface area (Å²) in [5.41, 5.74) is 1.30. The summed E-state index contributed by atoms with van der Waals surface area (Å²) in [5, 5.41) is 5.93. The fourth-order valence-corrected chi connectivity index (χ4v) is 2.44. The zero-order chi connectivity index (χ0) is 13.7. The fourth-order valence-electron chi connectivity index (χ4n) is 2.06. The topological polar surface area (TPSA) is 56.2 Å². The molecule has 3 heterocycles. The molecule has 0 bridgehead atoms. The van der Waals surface area contributed by atoms with Crippen molar-refractivity contribution in [2.45, 2.75) is 0 Å². The van der Waals surface area contributed by atoms with E-state index >= 15 is 0 Å². The molecule has 4 aromatic rings. The van der Waals surface area contributed by atoms with Crippen molar-refractivity contribution < 1.29 is 4.42 Å². The SMILES string of the molecule is Clc1ccc2nc(Cl)n3nc(-c4ccco4)nc3c2c1. The minimum atomic E-state index is 0.236. The first-order valence-corrected chi connectivity index (χ1v) is 6.53. The molecule has 0 unspecified atom stereocenters. The molecule has 0 saturated heterocycles. The van der Waals surface area contributed by atoms with Gasteiger partial charge in [-0.05, 0) is 41.9 Å². The summed E-state index contributed by atoms with van der Waals surface area (Å²) >= 11 is 12.2. The molecular weight excluding hydrogens is 299 g/mol. The normalized spacial score (nSPS) is 11.5. The molecule has 20 heavy (non-hydrogen) atoms. The second kappa shape index (κ2) is 4.19. The molecule has 0 aliphatic rings. The number of hydrogen-bond donors (Lipinski definition) is 0. The number of nitrogens with zero attached hydrogens (tertiary/aromatic N) is 4. The Labute approximate surface area is 122 Å². The maximum Gasteiger partial charge on any atom is 0.226 e. The largest absolute Gasteiger partial charge is 0.461 e. The molecule has 0 atom stereocenters. The summed E-state index contributed by atoms with van der Waals surface area (Å²) in [6, 6.07) is 8.90. The third kappa shape index (κ3) is 1.67. The van der Waals surface area contributed by atoms with E-state index in [4.69, 9.17) is 27.6 Å². The number of fused-ring (bicyclic) bond motifs is 3. The predicted octanol–water partition coefficient (Wildman–Crippen LogP) is 3.84. The van der Waals surface area contributed by atoms with Crippen LogP contribution in [-0.4, -0.2) is 19.6 Å². The van der Waals surface area contributed by atoms with Gasteiger partial charge in [-0.2, -0.15) is 4.52 Å². The summed E-state index contributed by atoms with van der Waals surface area (Å²) in [4.78, 5) is 8.74. The first-order valence-electron chi connectivity index (χ1n) is 5.78. The summed E-state index contributed by atoms with van der Waals surface area (Å²) in [6.07, 6.45) is 1.57. The lowest BCUT2D eigenvalue weighted by Crippen LogP contribution is -1.94. The molecular formula is C13H6Cl2N4O. The van der Waals surface area contributed by atoms with Gasteiger partial charge in [0.25, 0.3) is 0 Å². The van der Waals surface area contributed by atoms with Crippen LogP contribution < -0.4 is 0 Å². The minimum absolute atomic E-state index is 0.236. The van der Waals surface area contributed by atoms with Crippen molar-refractivity contribution in [1.82, 2.24) is 19.6 Å². The lowest BCUT2D eigenvalue weighted by atomic mass is 10.2. The fraction of sp³-hybridized carbons (Fsp3) is 0. The molecule has 0 saturated carbocycles. The zero-order valence-corrected chi connectivity index (χ0v) is 11.4. The highest BCUT2D eigenvalue weighted by atomic mass is 35.5. The molecule has 0 spiro atoms. The van der Waals surface area contributed by atoms with Gasteiger partial charge in [0.2, 0.25) is 11.1 Å². The van der Waals surface area contributed by atoms with Gasteiger partial charge in [-0.25, -0.2) is 9.97 Å². The highest BCUT2D eigenvalue weighted by Gasteiger charge is 2.14. The van der Waals surface area contributed by atoms with E-state index in [1.807, 2.05) is 0 Å². The van der Waals surface area contributed by atoms with E-state index in [1.165, 1.54) is 4.52 Å². The van der Waals surface area contributed by atoms with Crippen molar-refractivity contribution in [1.29, 1.82) is 0 Å². The Bertz CT molecular complexity index is 931. The number of hydrogen-bond acceptors (Lipinski definition) is 4. The molecule has 0 aliphatic carbocycles. The Hall–Kier alpha value is -2.11. The highest BCUT2D eigenvalue weighted by Crippen LogP contribution is 2.26. The lowest BCUT2D eigenvalue weighted by molar-refractivity contribution is 0.577. The van der Waals surface area contributed by atoms with Gasteiger partial charge in [-0.15, -0.1) is 5.10 Å². The van der Waals surface area contributed by atoms with Crippen molar-refractivity contribution in [3.63, 3.8) is 0 Å². The maximum absolute atomic E-state index is 6.14. The second-order valence-electron chi connectivity index (χ2n) is 4.19. The van der Waals surface area contributed by atoms with Crippen LogP contribution in [0.4, 0.5) is 0 Å². The Morgan fingerprint density at radius 2 is 2.00 bits per heavy atom. The molecule has 3 aromatic heterocycles. The average Bonchev–Trinajstić information content (AvgIpc) is 3.08. The Morgan fingerprint density at radius 3 is 2.80 bits per heavy atom. The van der Waals surface area contributed by atoms with E-state index in [1.54, 1.807) is 36.6 Å². The van der Waals surface area contributed by atoms with Gasteiger partial charge in [0.15, 0.2) is 11.4 Å². The standard InChI is InChI=1S/C13H6Cl2N4O/c14-7-3-4-9-8(6-7)12-17-11(10-2-1-5-20-10)18-19(12)13(15)16-9/h1-6H. The van der Waals surface area contributed by atoms with Crippen LogP contribution in [0.2, 0.25) is 10.3 Å². The van der Waals surface area contributed by atoms with Crippen LogP contribution in [0.3, 0.4) is 0 Å². The smallest absolute Gasteiger partial charge is 0.226 e. The van der Waals surface area contributed by atoms with Gasteiger partial charge in [-0.1, -0.05) is 11.6 Å². The molecule has 0 aliphatic heterocycles. The van der Waals surface area contributed by atoms with Gasteiger partial charge < -0.3 is 4.42 Å². The van der Waals surface area contributed by atoms with Crippen LogP contribution in [-0.2, 0) is 0 Å². The second-order valence-corrected chi connectivity index (χ2v) is 4.96. The number of aromatic nitrogens is 4. The van der Waals surface area contributed by atoms with Crippen LogP contribution in [0.15, 0.2) is 41.0 Å². The third-order valence-electron chi connectivity index (χ3n) is 2.94. The minimum Gasteiger partial charge on any atom is -0.461 e. The molecule has 0 radical (unpaired) electrons.